The molecule has 2 rings (SSSR count). The summed E-state index contributed by atoms with van der Waals surface area (Å²) in [4.78, 5) is 27.6. The SMILES string of the molecule is C.C[C@@H](O)[C@H](NC(=O)c1ccc2ccccc2n1)C(=O)NO. The fourth-order valence-electron chi connectivity index (χ4n) is 1.88. The number of fused-ring (bicyclic) bond motifs is 1. The first-order valence-electron chi connectivity index (χ1n) is 6.31. The van der Waals surface area contributed by atoms with E-state index < -0.39 is 24.0 Å². The fraction of sp³-hybridized carbons (Fsp3) is 0.267. The molecule has 1 aromatic heterocycles. The normalized spacial score (nSPS) is 12.9. The zero-order chi connectivity index (χ0) is 15.4. The summed E-state index contributed by atoms with van der Waals surface area (Å²) >= 11 is 0. The highest BCUT2D eigenvalue weighted by molar-refractivity contribution is 5.97. The van der Waals surface area contributed by atoms with Crippen molar-refractivity contribution >= 4 is 22.7 Å². The van der Waals surface area contributed by atoms with Gasteiger partial charge in [0.05, 0.1) is 11.6 Å². The molecule has 2 atom stereocenters. The van der Waals surface area contributed by atoms with Gasteiger partial charge in [-0.3, -0.25) is 14.8 Å². The second-order valence-electron chi connectivity index (χ2n) is 4.56. The quantitative estimate of drug-likeness (QED) is 0.494. The molecule has 0 aliphatic carbocycles. The highest BCUT2D eigenvalue weighted by Gasteiger charge is 2.26. The number of rotatable bonds is 4. The Labute approximate surface area is 127 Å². The van der Waals surface area contributed by atoms with Crippen LogP contribution in [0.1, 0.15) is 24.8 Å². The first-order chi connectivity index (χ1) is 10.0. The lowest BCUT2D eigenvalue weighted by Crippen LogP contribution is -2.51. The Bertz CT molecular complexity index is 673. The Morgan fingerprint density at radius 3 is 2.50 bits per heavy atom. The van der Waals surface area contributed by atoms with Crippen molar-refractivity contribution in [2.45, 2.75) is 26.5 Å². The molecule has 7 nitrogen and oxygen atoms in total. The Morgan fingerprint density at radius 1 is 1.18 bits per heavy atom. The van der Waals surface area contributed by atoms with Crippen LogP contribution in [0.2, 0.25) is 0 Å². The third-order valence-electron chi connectivity index (χ3n) is 2.99. The topological polar surface area (TPSA) is 112 Å². The number of hydroxylamine groups is 1. The highest BCUT2D eigenvalue weighted by atomic mass is 16.5. The van der Waals surface area contributed by atoms with Crippen LogP contribution < -0.4 is 10.8 Å². The number of aromatic nitrogens is 1. The number of aliphatic hydroxyl groups excluding tert-OH is 1. The lowest BCUT2D eigenvalue weighted by Gasteiger charge is -2.18. The van der Waals surface area contributed by atoms with E-state index in [4.69, 9.17) is 5.21 Å². The number of aliphatic hydroxyl groups is 1. The molecule has 7 heteroatoms. The van der Waals surface area contributed by atoms with Crippen molar-refractivity contribution in [1.29, 1.82) is 0 Å². The Hall–Kier alpha value is -2.51. The Morgan fingerprint density at radius 2 is 1.86 bits per heavy atom. The summed E-state index contributed by atoms with van der Waals surface area (Å²) in [5.41, 5.74) is 2.16. The number of nitrogens with one attached hydrogen (secondary N) is 2. The number of carbonyl (C=O) groups excluding carboxylic acids is 2. The van der Waals surface area contributed by atoms with Crippen LogP contribution >= 0.6 is 0 Å². The van der Waals surface area contributed by atoms with Gasteiger partial charge in [0.25, 0.3) is 11.8 Å². The third-order valence-corrected chi connectivity index (χ3v) is 2.99. The van der Waals surface area contributed by atoms with E-state index in [9.17, 15) is 14.7 Å². The maximum atomic E-state index is 12.1. The van der Waals surface area contributed by atoms with Gasteiger partial charge in [0, 0.05) is 5.39 Å². The molecule has 0 bridgehead atoms. The van der Waals surface area contributed by atoms with Gasteiger partial charge in [0.2, 0.25) is 0 Å². The number of pyridine rings is 1. The van der Waals surface area contributed by atoms with Gasteiger partial charge in [-0.05, 0) is 19.1 Å². The van der Waals surface area contributed by atoms with Crippen LogP contribution in [0, 0.1) is 0 Å². The van der Waals surface area contributed by atoms with Gasteiger partial charge in [0.15, 0.2) is 0 Å². The van der Waals surface area contributed by atoms with Crippen LogP contribution in [0.15, 0.2) is 36.4 Å². The third kappa shape index (κ3) is 3.78. The number of amides is 2. The van der Waals surface area contributed by atoms with Gasteiger partial charge in [-0.1, -0.05) is 31.7 Å². The van der Waals surface area contributed by atoms with E-state index in [1.165, 1.54) is 18.5 Å². The second-order valence-corrected chi connectivity index (χ2v) is 4.56. The first-order valence-corrected chi connectivity index (χ1v) is 6.31. The summed E-state index contributed by atoms with van der Waals surface area (Å²) < 4.78 is 0. The van der Waals surface area contributed by atoms with Crippen LogP contribution in [-0.4, -0.2) is 39.3 Å². The number of nitrogens with zero attached hydrogens (tertiary/aromatic N) is 1. The molecule has 0 saturated heterocycles. The Balaban J connectivity index is 0.00000242. The monoisotopic (exact) mass is 305 g/mol. The fourth-order valence-corrected chi connectivity index (χ4v) is 1.88. The first kappa shape index (κ1) is 17.5. The standard InChI is InChI=1S/C14H15N3O4.CH4/c1-8(18)12(14(20)17-21)16-13(19)11-7-6-9-4-2-3-5-10(9)15-11;/h2-8,12,18,21H,1H3,(H,16,19)(H,17,20);1H4/t8-,12+;/m1./s1. The summed E-state index contributed by atoms with van der Waals surface area (Å²) in [7, 11) is 0. The van der Waals surface area contributed by atoms with Gasteiger partial charge >= 0.3 is 0 Å². The van der Waals surface area contributed by atoms with E-state index in [0.717, 1.165) is 5.39 Å². The van der Waals surface area contributed by atoms with Gasteiger partial charge in [-0.15, -0.1) is 0 Å². The van der Waals surface area contributed by atoms with Crippen LogP contribution in [0.25, 0.3) is 10.9 Å². The molecule has 4 N–H and O–H groups in total. The summed E-state index contributed by atoms with van der Waals surface area (Å²) in [6, 6.07) is 9.28. The highest BCUT2D eigenvalue weighted by Crippen LogP contribution is 2.11. The zero-order valence-electron chi connectivity index (χ0n) is 11.3. The smallest absolute Gasteiger partial charge is 0.270 e. The van der Waals surface area contributed by atoms with Crippen LogP contribution in [-0.2, 0) is 4.79 Å². The van der Waals surface area contributed by atoms with E-state index in [1.54, 1.807) is 18.2 Å². The average Bonchev–Trinajstić information content (AvgIpc) is 2.50. The molecule has 2 amide bonds. The van der Waals surface area contributed by atoms with Crippen molar-refractivity contribution in [2.24, 2.45) is 0 Å². The maximum absolute atomic E-state index is 12.1. The molecule has 1 aromatic carbocycles. The van der Waals surface area contributed by atoms with Gasteiger partial charge in [-0.25, -0.2) is 10.5 Å². The van der Waals surface area contributed by atoms with Gasteiger partial charge in [0.1, 0.15) is 11.7 Å². The molecule has 0 spiro atoms. The summed E-state index contributed by atoms with van der Waals surface area (Å²) in [6.07, 6.45) is -1.17. The van der Waals surface area contributed by atoms with Crippen molar-refractivity contribution in [1.82, 2.24) is 15.8 Å². The van der Waals surface area contributed by atoms with Crippen molar-refractivity contribution in [3.63, 3.8) is 0 Å². The van der Waals surface area contributed by atoms with E-state index in [1.807, 2.05) is 12.1 Å². The zero-order valence-corrected chi connectivity index (χ0v) is 11.3. The predicted octanol–water partition coefficient (Wildman–Crippen LogP) is 0.855. The molecule has 118 valence electrons. The second kappa shape index (κ2) is 7.48. The molecule has 0 aliphatic heterocycles. The molecule has 0 unspecified atom stereocenters. The maximum Gasteiger partial charge on any atom is 0.270 e. The lowest BCUT2D eigenvalue weighted by molar-refractivity contribution is -0.133. The predicted molar refractivity (Wildman–Crippen MR) is 81.3 cm³/mol. The van der Waals surface area contributed by atoms with E-state index >= 15 is 0 Å². The summed E-state index contributed by atoms with van der Waals surface area (Å²) in [5.74, 6) is -1.52. The molecule has 22 heavy (non-hydrogen) atoms. The molecule has 0 fully saturated rings. The van der Waals surface area contributed by atoms with E-state index in [-0.39, 0.29) is 13.1 Å². The summed E-state index contributed by atoms with van der Waals surface area (Å²) in [5, 5.41) is 21.3. The minimum absolute atomic E-state index is 0. The Kier molecular flexibility index (Phi) is 5.97. The number of para-hydroxylation sites is 1. The number of carbonyl (C=O) groups is 2. The average molecular weight is 305 g/mol. The minimum atomic E-state index is -1.27. The van der Waals surface area contributed by atoms with Crippen molar-refractivity contribution in [3.8, 4) is 0 Å². The van der Waals surface area contributed by atoms with Crippen LogP contribution in [0.4, 0.5) is 0 Å². The van der Waals surface area contributed by atoms with Gasteiger partial charge < -0.3 is 10.4 Å². The molecular weight excluding hydrogens is 286 g/mol. The molecule has 1 heterocycles. The van der Waals surface area contributed by atoms with E-state index in [2.05, 4.69) is 10.3 Å². The minimum Gasteiger partial charge on any atom is -0.391 e. The molecule has 0 radical (unpaired) electrons. The summed E-state index contributed by atoms with van der Waals surface area (Å²) in [6.45, 7) is 1.33. The van der Waals surface area contributed by atoms with Crippen molar-refractivity contribution in [3.05, 3.63) is 42.1 Å². The molecule has 0 saturated carbocycles. The number of benzene rings is 1. The molecule has 2 aromatic rings. The molecule has 0 aliphatic rings. The number of hydrogen-bond donors (Lipinski definition) is 4. The van der Waals surface area contributed by atoms with Gasteiger partial charge in [-0.2, -0.15) is 0 Å². The van der Waals surface area contributed by atoms with E-state index in [0.29, 0.717) is 5.52 Å². The van der Waals surface area contributed by atoms with Crippen LogP contribution in [0.5, 0.6) is 0 Å². The van der Waals surface area contributed by atoms with Crippen LogP contribution in [0.3, 0.4) is 0 Å². The van der Waals surface area contributed by atoms with Crippen molar-refractivity contribution < 1.29 is 19.9 Å². The molecular formula is C15H19N3O4. The number of hydrogen-bond acceptors (Lipinski definition) is 5. The largest absolute Gasteiger partial charge is 0.391 e. The van der Waals surface area contributed by atoms with Crippen molar-refractivity contribution in [2.75, 3.05) is 0 Å². The lowest BCUT2D eigenvalue weighted by atomic mass is 10.1.